The molecule has 2 aromatic rings. The molecule has 0 radical (unpaired) electrons. The molecule has 0 aliphatic heterocycles. The molecule has 1 N–H and O–H groups in total. The van der Waals surface area contributed by atoms with Gasteiger partial charge < -0.3 is 5.11 Å². The van der Waals surface area contributed by atoms with E-state index in [0.717, 1.165) is 26.1 Å². The third-order valence-corrected chi connectivity index (χ3v) is 3.26. The lowest BCUT2D eigenvalue weighted by molar-refractivity contribution is 0.281. The van der Waals surface area contributed by atoms with Gasteiger partial charge in [-0.25, -0.2) is 0 Å². The molecule has 0 fully saturated rings. The number of fused-ring (bicyclic) bond motifs is 1. The van der Waals surface area contributed by atoms with E-state index in [0.29, 0.717) is 0 Å². The number of nitriles is 1. The number of thiophene rings is 1. The highest BCUT2D eigenvalue weighted by atomic mass is 32.1. The molecule has 1 aromatic carbocycles. The Labute approximate surface area is 86.0 Å². The monoisotopic (exact) mass is 203 g/mol. The van der Waals surface area contributed by atoms with Gasteiger partial charge in [-0.3, -0.25) is 0 Å². The van der Waals surface area contributed by atoms with Crippen molar-refractivity contribution < 1.29 is 5.11 Å². The van der Waals surface area contributed by atoms with Crippen molar-refractivity contribution in [3.05, 3.63) is 34.2 Å². The van der Waals surface area contributed by atoms with Crippen LogP contribution < -0.4 is 0 Å². The van der Waals surface area contributed by atoms with Crippen molar-refractivity contribution in [2.45, 2.75) is 13.5 Å². The van der Waals surface area contributed by atoms with Crippen LogP contribution in [0, 0.1) is 18.3 Å². The summed E-state index contributed by atoms with van der Waals surface area (Å²) in [6.45, 7) is 2.02. The third kappa shape index (κ3) is 1.39. The summed E-state index contributed by atoms with van der Waals surface area (Å²) < 4.78 is 1.11. The van der Waals surface area contributed by atoms with Crippen molar-refractivity contribution in [3.63, 3.8) is 0 Å². The minimum atomic E-state index is 0.0551. The molecule has 0 aliphatic carbocycles. The van der Waals surface area contributed by atoms with Crippen LogP contribution in [0.5, 0.6) is 0 Å². The van der Waals surface area contributed by atoms with Gasteiger partial charge in [-0.15, -0.1) is 11.3 Å². The van der Waals surface area contributed by atoms with Crippen molar-refractivity contribution in [3.8, 4) is 6.07 Å². The lowest BCUT2D eigenvalue weighted by Gasteiger charge is -2.01. The number of nitrogens with zero attached hydrogens (tertiary/aromatic N) is 1. The Kier molecular flexibility index (Phi) is 2.24. The Bertz CT molecular complexity index is 522. The van der Waals surface area contributed by atoms with Crippen LogP contribution in [0.2, 0.25) is 0 Å². The van der Waals surface area contributed by atoms with Crippen LogP contribution in [0.3, 0.4) is 0 Å². The Morgan fingerprint density at radius 2 is 2.21 bits per heavy atom. The second-order valence-electron chi connectivity index (χ2n) is 3.20. The molecule has 3 heteroatoms. The highest BCUT2D eigenvalue weighted by Gasteiger charge is 2.04. The Morgan fingerprint density at radius 3 is 2.86 bits per heavy atom. The molecule has 0 bridgehead atoms. The molecular weight excluding hydrogens is 194 g/mol. The number of rotatable bonds is 1. The zero-order valence-electron chi connectivity index (χ0n) is 7.74. The molecule has 70 valence electrons. The van der Waals surface area contributed by atoms with E-state index < -0.39 is 0 Å². The second kappa shape index (κ2) is 3.41. The minimum Gasteiger partial charge on any atom is -0.392 e. The van der Waals surface area contributed by atoms with E-state index in [2.05, 4.69) is 6.07 Å². The zero-order valence-corrected chi connectivity index (χ0v) is 8.56. The van der Waals surface area contributed by atoms with Crippen molar-refractivity contribution in [2.24, 2.45) is 0 Å². The fourth-order valence-electron chi connectivity index (χ4n) is 1.46. The van der Waals surface area contributed by atoms with Crippen molar-refractivity contribution in [2.75, 3.05) is 0 Å². The molecule has 1 heterocycles. The molecule has 14 heavy (non-hydrogen) atoms. The van der Waals surface area contributed by atoms with Crippen LogP contribution in [0.15, 0.2) is 18.2 Å². The van der Waals surface area contributed by atoms with Gasteiger partial charge >= 0.3 is 0 Å². The first kappa shape index (κ1) is 9.20. The fraction of sp³-hybridized carbons (Fsp3) is 0.182. The van der Waals surface area contributed by atoms with Gasteiger partial charge in [0.2, 0.25) is 0 Å². The smallest absolute Gasteiger partial charge is 0.110 e. The normalized spacial score (nSPS) is 10.4. The molecule has 2 nitrogen and oxygen atoms in total. The average molecular weight is 203 g/mol. The molecule has 0 unspecified atom stereocenters. The number of benzene rings is 1. The zero-order chi connectivity index (χ0) is 10.1. The summed E-state index contributed by atoms with van der Waals surface area (Å²) in [6, 6.07) is 7.96. The van der Waals surface area contributed by atoms with Crippen molar-refractivity contribution >= 4 is 21.4 Å². The van der Waals surface area contributed by atoms with Crippen LogP contribution in [-0.2, 0) is 6.61 Å². The highest BCUT2D eigenvalue weighted by molar-refractivity contribution is 7.19. The van der Waals surface area contributed by atoms with Crippen LogP contribution in [-0.4, -0.2) is 5.11 Å². The summed E-state index contributed by atoms with van der Waals surface area (Å²) in [5.41, 5.74) is 2.01. The maximum atomic E-state index is 9.08. The topological polar surface area (TPSA) is 44.0 Å². The first-order chi connectivity index (χ1) is 6.74. The Morgan fingerprint density at radius 1 is 1.43 bits per heavy atom. The third-order valence-electron chi connectivity index (χ3n) is 2.26. The Balaban J connectivity index is 2.71. The van der Waals surface area contributed by atoms with Crippen LogP contribution in [0.1, 0.15) is 16.0 Å². The lowest BCUT2D eigenvalue weighted by Crippen LogP contribution is -1.86. The van der Waals surface area contributed by atoms with E-state index in [1.54, 1.807) is 0 Å². The van der Waals surface area contributed by atoms with Gasteiger partial charge in [-0.2, -0.15) is 5.26 Å². The summed E-state index contributed by atoms with van der Waals surface area (Å²) in [5.74, 6) is 0. The molecule has 1 aromatic heterocycles. The molecule has 0 saturated carbocycles. The number of aliphatic hydroxyl groups excluding tert-OH is 1. The van der Waals surface area contributed by atoms with E-state index >= 15 is 0 Å². The largest absolute Gasteiger partial charge is 0.392 e. The van der Waals surface area contributed by atoms with E-state index in [-0.39, 0.29) is 6.61 Å². The average Bonchev–Trinajstić information content (AvgIpc) is 2.58. The highest BCUT2D eigenvalue weighted by Crippen LogP contribution is 2.27. The van der Waals surface area contributed by atoms with Gasteiger partial charge in [0.05, 0.1) is 6.61 Å². The van der Waals surface area contributed by atoms with E-state index in [4.69, 9.17) is 10.4 Å². The minimum absolute atomic E-state index is 0.0551. The van der Waals surface area contributed by atoms with Gasteiger partial charge in [0.25, 0.3) is 0 Å². The van der Waals surface area contributed by atoms with Gasteiger partial charge in [-0.1, -0.05) is 0 Å². The van der Waals surface area contributed by atoms with E-state index in [1.807, 2.05) is 25.1 Å². The number of hydrogen-bond donors (Lipinski definition) is 1. The molecular formula is C11H9NOS. The van der Waals surface area contributed by atoms with Crippen LogP contribution in [0.4, 0.5) is 0 Å². The second-order valence-corrected chi connectivity index (χ2v) is 4.28. The summed E-state index contributed by atoms with van der Waals surface area (Å²) in [5, 5.41) is 18.9. The SMILES string of the molecule is Cc1cc2sc(C#N)cc2cc1CO. The fourth-order valence-corrected chi connectivity index (χ4v) is 2.40. The summed E-state index contributed by atoms with van der Waals surface area (Å²) in [4.78, 5) is 0.717. The molecule has 0 amide bonds. The summed E-state index contributed by atoms with van der Waals surface area (Å²) >= 11 is 1.49. The summed E-state index contributed by atoms with van der Waals surface area (Å²) in [6.07, 6.45) is 0. The molecule has 0 saturated heterocycles. The molecule has 2 rings (SSSR count). The van der Waals surface area contributed by atoms with Crippen LogP contribution in [0.25, 0.3) is 10.1 Å². The number of hydrogen-bond acceptors (Lipinski definition) is 3. The van der Waals surface area contributed by atoms with E-state index in [1.165, 1.54) is 11.3 Å². The molecule has 0 spiro atoms. The lowest BCUT2D eigenvalue weighted by atomic mass is 10.1. The molecule has 0 aliphatic rings. The first-order valence-electron chi connectivity index (χ1n) is 4.28. The van der Waals surface area contributed by atoms with Gasteiger partial charge in [-0.05, 0) is 41.6 Å². The Hall–Kier alpha value is -1.37. The van der Waals surface area contributed by atoms with Crippen molar-refractivity contribution in [1.29, 1.82) is 5.26 Å². The van der Waals surface area contributed by atoms with Gasteiger partial charge in [0, 0.05) is 4.70 Å². The quantitative estimate of drug-likeness (QED) is 0.774. The maximum absolute atomic E-state index is 9.08. The first-order valence-corrected chi connectivity index (χ1v) is 5.10. The standard InChI is InChI=1S/C11H9NOS/c1-7-2-11-8(3-9(7)6-13)4-10(5-12)14-11/h2-4,13H,6H2,1H3. The van der Waals surface area contributed by atoms with Gasteiger partial charge in [0.15, 0.2) is 0 Å². The van der Waals surface area contributed by atoms with E-state index in [9.17, 15) is 0 Å². The summed E-state index contributed by atoms with van der Waals surface area (Å²) in [7, 11) is 0. The maximum Gasteiger partial charge on any atom is 0.110 e. The predicted molar refractivity (Wildman–Crippen MR) is 57.2 cm³/mol. The predicted octanol–water partition coefficient (Wildman–Crippen LogP) is 2.57. The van der Waals surface area contributed by atoms with Crippen LogP contribution >= 0.6 is 11.3 Å². The number of aliphatic hydroxyl groups is 1. The van der Waals surface area contributed by atoms with Crippen molar-refractivity contribution in [1.82, 2.24) is 0 Å². The molecule has 0 atom stereocenters. The number of aryl methyl sites for hydroxylation is 1. The van der Waals surface area contributed by atoms with Gasteiger partial charge in [0.1, 0.15) is 10.9 Å².